The molecule has 0 saturated heterocycles. The number of nitro groups is 1. The number of nitro benzene ring substituents is 1. The van der Waals surface area contributed by atoms with Crippen LogP contribution in [0.15, 0.2) is 30.3 Å². The lowest BCUT2D eigenvalue weighted by Gasteiger charge is -2.20. The van der Waals surface area contributed by atoms with Gasteiger partial charge in [0.25, 0.3) is 5.69 Å². The van der Waals surface area contributed by atoms with Gasteiger partial charge in [-0.3, -0.25) is 14.9 Å². The molecule has 2 N–H and O–H groups in total. The topological polar surface area (TPSA) is 110 Å². The minimum Gasteiger partial charge on any atom is -0.477 e. The summed E-state index contributed by atoms with van der Waals surface area (Å²) in [5.74, 6) is -1.38. The van der Waals surface area contributed by atoms with E-state index >= 15 is 0 Å². The van der Waals surface area contributed by atoms with Crippen LogP contribution in [0.2, 0.25) is 0 Å². The third-order valence-electron chi connectivity index (χ3n) is 4.50. The first-order valence-electron chi connectivity index (χ1n) is 8.38. The fourth-order valence-electron chi connectivity index (χ4n) is 3.16. The highest BCUT2D eigenvalue weighted by Crippen LogP contribution is 2.37. The van der Waals surface area contributed by atoms with E-state index in [9.17, 15) is 24.8 Å². The van der Waals surface area contributed by atoms with Crippen LogP contribution in [0.5, 0.6) is 0 Å². The number of benzene rings is 1. The molecule has 1 aliphatic rings. The third-order valence-corrected chi connectivity index (χ3v) is 5.67. The molecule has 0 unspecified atom stereocenters. The molecular weight excluding hydrogens is 356 g/mol. The first kappa shape index (κ1) is 18.1. The lowest BCUT2D eigenvalue weighted by molar-refractivity contribution is -0.384. The molecule has 0 bridgehead atoms. The van der Waals surface area contributed by atoms with Crippen molar-refractivity contribution < 1.29 is 19.6 Å². The number of nitrogens with one attached hydrogen (secondary N) is 1. The van der Waals surface area contributed by atoms with Gasteiger partial charge in [0.15, 0.2) is 0 Å². The molecule has 1 amide bonds. The number of hydrogen-bond donors (Lipinski definition) is 2. The quantitative estimate of drug-likeness (QED) is 0.590. The second-order valence-corrected chi connectivity index (χ2v) is 7.34. The van der Waals surface area contributed by atoms with Crippen LogP contribution in [-0.2, 0) is 4.79 Å². The van der Waals surface area contributed by atoms with E-state index in [0.717, 1.165) is 43.4 Å². The fourth-order valence-corrected chi connectivity index (χ4v) is 4.11. The van der Waals surface area contributed by atoms with E-state index in [1.807, 2.05) is 0 Å². The molecule has 1 aliphatic carbocycles. The molecule has 1 aromatic heterocycles. The van der Waals surface area contributed by atoms with Crippen LogP contribution in [-0.4, -0.2) is 21.9 Å². The van der Waals surface area contributed by atoms with Gasteiger partial charge in [-0.25, -0.2) is 4.79 Å². The lowest BCUT2D eigenvalue weighted by Crippen LogP contribution is -2.25. The first-order valence-corrected chi connectivity index (χ1v) is 9.20. The zero-order valence-electron chi connectivity index (χ0n) is 13.9. The molecule has 1 heterocycles. The smallest absolute Gasteiger partial charge is 0.348 e. The van der Waals surface area contributed by atoms with Crippen LogP contribution in [0.4, 0.5) is 11.4 Å². The van der Waals surface area contributed by atoms with Crippen molar-refractivity contribution >= 4 is 34.6 Å². The Morgan fingerprint density at radius 2 is 1.92 bits per heavy atom. The Balaban J connectivity index is 1.89. The zero-order valence-corrected chi connectivity index (χ0v) is 14.8. The van der Waals surface area contributed by atoms with Gasteiger partial charge in [0.05, 0.1) is 10.6 Å². The highest BCUT2D eigenvalue weighted by molar-refractivity contribution is 7.18. The van der Waals surface area contributed by atoms with Gasteiger partial charge >= 0.3 is 5.97 Å². The summed E-state index contributed by atoms with van der Waals surface area (Å²) in [6.45, 7) is 0. The van der Waals surface area contributed by atoms with Crippen LogP contribution in [0, 0.1) is 16.0 Å². The number of carbonyl (C=O) groups is 2. The fraction of sp³-hybridized carbons (Fsp3) is 0.333. The second kappa shape index (κ2) is 7.65. The van der Waals surface area contributed by atoms with Crippen molar-refractivity contribution in [2.24, 2.45) is 5.92 Å². The van der Waals surface area contributed by atoms with Crippen molar-refractivity contribution in [3.63, 3.8) is 0 Å². The number of anilines is 1. The van der Waals surface area contributed by atoms with Crippen LogP contribution in [0.3, 0.4) is 0 Å². The standard InChI is InChI=1S/C18H18N2O5S/c21-17(11-5-2-1-3-6-11)19-14-10-15(26-16(14)18(22)23)12-7-4-8-13(9-12)20(24)25/h4,7-11H,1-3,5-6H2,(H,19,21)(H,22,23). The Morgan fingerprint density at radius 1 is 1.19 bits per heavy atom. The number of aromatic carboxylic acids is 1. The SMILES string of the molecule is O=C(O)c1sc(-c2cccc([N+](=O)[O-])c2)cc1NC(=O)C1CCCCC1. The summed E-state index contributed by atoms with van der Waals surface area (Å²) in [4.78, 5) is 35.0. The molecule has 7 nitrogen and oxygen atoms in total. The first-order chi connectivity index (χ1) is 12.5. The Kier molecular flexibility index (Phi) is 5.32. The van der Waals surface area contributed by atoms with Crippen molar-refractivity contribution in [2.45, 2.75) is 32.1 Å². The van der Waals surface area contributed by atoms with Crippen molar-refractivity contribution in [1.29, 1.82) is 0 Å². The summed E-state index contributed by atoms with van der Waals surface area (Å²) in [6, 6.07) is 7.57. The summed E-state index contributed by atoms with van der Waals surface area (Å²) in [6.07, 6.45) is 4.77. The van der Waals surface area contributed by atoms with Crippen LogP contribution in [0.1, 0.15) is 41.8 Å². The molecule has 0 radical (unpaired) electrons. The minimum absolute atomic E-state index is 0.0238. The number of carboxylic acids is 1. The van der Waals surface area contributed by atoms with Gasteiger partial charge < -0.3 is 10.4 Å². The maximum absolute atomic E-state index is 12.4. The van der Waals surface area contributed by atoms with Gasteiger partial charge in [-0.05, 0) is 24.5 Å². The molecule has 1 fully saturated rings. The summed E-state index contributed by atoms with van der Waals surface area (Å²) in [5.41, 5.74) is 0.727. The highest BCUT2D eigenvalue weighted by atomic mass is 32.1. The predicted molar refractivity (Wildman–Crippen MR) is 98.6 cm³/mol. The largest absolute Gasteiger partial charge is 0.477 e. The molecule has 0 spiro atoms. The molecule has 26 heavy (non-hydrogen) atoms. The summed E-state index contributed by atoms with van der Waals surface area (Å²) in [7, 11) is 0. The van der Waals surface area contributed by atoms with E-state index in [1.165, 1.54) is 12.1 Å². The van der Waals surface area contributed by atoms with E-state index in [1.54, 1.807) is 18.2 Å². The van der Waals surface area contributed by atoms with Crippen LogP contribution >= 0.6 is 11.3 Å². The van der Waals surface area contributed by atoms with Gasteiger partial charge in [-0.15, -0.1) is 11.3 Å². The average molecular weight is 374 g/mol. The minimum atomic E-state index is -1.13. The number of thiophene rings is 1. The van der Waals surface area contributed by atoms with Crippen molar-refractivity contribution in [3.8, 4) is 10.4 Å². The van der Waals surface area contributed by atoms with Crippen LogP contribution in [0.25, 0.3) is 10.4 Å². The molecular formula is C18H18N2O5S. The maximum Gasteiger partial charge on any atom is 0.348 e. The van der Waals surface area contributed by atoms with Gasteiger partial charge in [0.2, 0.25) is 5.91 Å². The van der Waals surface area contributed by atoms with E-state index in [0.29, 0.717) is 10.4 Å². The molecule has 3 rings (SSSR count). The Bertz CT molecular complexity index is 855. The molecule has 2 aromatic rings. The van der Waals surface area contributed by atoms with E-state index in [-0.39, 0.29) is 28.1 Å². The van der Waals surface area contributed by atoms with Crippen molar-refractivity contribution in [1.82, 2.24) is 0 Å². The second-order valence-electron chi connectivity index (χ2n) is 6.29. The normalized spacial score (nSPS) is 14.8. The molecule has 0 atom stereocenters. The van der Waals surface area contributed by atoms with Gasteiger partial charge in [-0.1, -0.05) is 31.4 Å². The van der Waals surface area contributed by atoms with E-state index < -0.39 is 10.9 Å². The number of hydrogen-bond acceptors (Lipinski definition) is 5. The average Bonchev–Trinajstić information content (AvgIpc) is 3.06. The molecule has 136 valence electrons. The van der Waals surface area contributed by atoms with E-state index in [2.05, 4.69) is 5.32 Å². The number of carbonyl (C=O) groups excluding carboxylic acids is 1. The van der Waals surface area contributed by atoms with Crippen molar-refractivity contribution in [2.75, 3.05) is 5.32 Å². The zero-order chi connectivity index (χ0) is 18.7. The Labute approximate surface area is 153 Å². The molecule has 1 saturated carbocycles. The number of rotatable bonds is 5. The predicted octanol–water partition coefficient (Wildman–Crippen LogP) is 4.54. The van der Waals surface area contributed by atoms with Gasteiger partial charge in [0, 0.05) is 22.9 Å². The number of carboxylic acid groups (broad SMARTS) is 1. The number of non-ortho nitro benzene ring substituents is 1. The highest BCUT2D eigenvalue weighted by Gasteiger charge is 2.24. The Morgan fingerprint density at radius 3 is 2.58 bits per heavy atom. The maximum atomic E-state index is 12.4. The monoisotopic (exact) mass is 374 g/mol. The van der Waals surface area contributed by atoms with Crippen LogP contribution < -0.4 is 5.32 Å². The van der Waals surface area contributed by atoms with Gasteiger partial charge in [-0.2, -0.15) is 0 Å². The summed E-state index contributed by atoms with van der Waals surface area (Å²) >= 11 is 0.993. The van der Waals surface area contributed by atoms with Crippen molar-refractivity contribution in [3.05, 3.63) is 45.3 Å². The molecule has 0 aliphatic heterocycles. The Hall–Kier alpha value is -2.74. The molecule has 8 heteroatoms. The lowest BCUT2D eigenvalue weighted by atomic mass is 9.88. The van der Waals surface area contributed by atoms with E-state index in [4.69, 9.17) is 0 Å². The number of amides is 1. The third kappa shape index (κ3) is 3.91. The van der Waals surface area contributed by atoms with Gasteiger partial charge in [0.1, 0.15) is 4.88 Å². The number of nitrogens with zero attached hydrogens (tertiary/aromatic N) is 1. The summed E-state index contributed by atoms with van der Waals surface area (Å²) < 4.78 is 0. The summed E-state index contributed by atoms with van der Waals surface area (Å²) in [5, 5.41) is 23.1. The molecule has 1 aromatic carbocycles.